The van der Waals surface area contributed by atoms with E-state index in [1.807, 2.05) is 0 Å². The molecule has 0 fully saturated rings. The molecule has 68 valence electrons. The molecule has 4 heteroatoms. The molecule has 0 bridgehead atoms. The molecule has 1 heterocycles. The van der Waals surface area contributed by atoms with Crippen molar-refractivity contribution in [1.82, 2.24) is 9.97 Å². The Kier molecular flexibility index (Phi) is 1.70. The summed E-state index contributed by atoms with van der Waals surface area (Å²) in [5.41, 5.74) is 1.89. The monoisotopic (exact) mass is 178 g/mol. The maximum Gasteiger partial charge on any atom is 0.323 e. The lowest BCUT2D eigenvalue weighted by atomic mass is 10.1. The third-order valence-electron chi connectivity index (χ3n) is 2.03. The normalized spacial score (nSPS) is 13.4. The molecule has 1 aromatic carbocycles. The van der Waals surface area contributed by atoms with E-state index >= 15 is 0 Å². The summed E-state index contributed by atoms with van der Waals surface area (Å²) in [6, 6.07) is 5.38. The van der Waals surface area contributed by atoms with Crippen molar-refractivity contribution in [3.8, 4) is 0 Å². The van der Waals surface area contributed by atoms with E-state index < -0.39 is 6.10 Å². The number of H-pyrrole nitrogens is 2. The van der Waals surface area contributed by atoms with Gasteiger partial charge in [0.25, 0.3) is 0 Å². The Morgan fingerprint density at radius 3 is 2.85 bits per heavy atom. The molecule has 3 N–H and O–H groups in total. The molecule has 0 aliphatic rings. The lowest BCUT2D eigenvalue weighted by Crippen LogP contribution is -2.00. The lowest BCUT2D eigenvalue weighted by molar-refractivity contribution is 0.200. The van der Waals surface area contributed by atoms with Crippen LogP contribution in [-0.4, -0.2) is 15.1 Å². The number of hydrogen-bond donors (Lipinski definition) is 3. The largest absolute Gasteiger partial charge is 0.389 e. The summed E-state index contributed by atoms with van der Waals surface area (Å²) in [5.74, 6) is 0. The Bertz CT molecular complexity index is 482. The molecule has 0 radical (unpaired) electrons. The quantitative estimate of drug-likeness (QED) is 0.607. The molecule has 1 aromatic heterocycles. The molecule has 0 amide bonds. The summed E-state index contributed by atoms with van der Waals surface area (Å²) >= 11 is 0. The number of benzene rings is 1. The molecular weight excluding hydrogens is 168 g/mol. The maximum atomic E-state index is 11.0. The summed E-state index contributed by atoms with van der Waals surface area (Å²) in [6.07, 6.45) is -0.574. The average Bonchev–Trinajstić information content (AvgIpc) is 2.43. The molecule has 2 rings (SSSR count). The molecule has 1 atom stereocenters. The molecule has 0 spiro atoms. The molecule has 0 aliphatic carbocycles. The zero-order valence-corrected chi connectivity index (χ0v) is 7.16. The summed E-state index contributed by atoms with van der Waals surface area (Å²) < 4.78 is 0. The minimum atomic E-state index is -0.574. The van der Waals surface area contributed by atoms with Gasteiger partial charge < -0.3 is 15.1 Å². The van der Waals surface area contributed by atoms with Crippen LogP contribution in [0.25, 0.3) is 11.0 Å². The van der Waals surface area contributed by atoms with E-state index in [1.165, 1.54) is 0 Å². The van der Waals surface area contributed by atoms with Crippen LogP contribution in [0.15, 0.2) is 23.0 Å². The third kappa shape index (κ3) is 1.25. The molecule has 0 aliphatic heterocycles. The van der Waals surface area contributed by atoms with Crippen LogP contribution in [0, 0.1) is 0 Å². The van der Waals surface area contributed by atoms with Gasteiger partial charge in [-0.2, -0.15) is 0 Å². The number of aromatic amines is 2. The number of aromatic nitrogens is 2. The fraction of sp³-hybridized carbons (Fsp3) is 0.222. The van der Waals surface area contributed by atoms with Gasteiger partial charge in [0.05, 0.1) is 17.1 Å². The van der Waals surface area contributed by atoms with E-state index in [2.05, 4.69) is 9.97 Å². The Morgan fingerprint density at radius 1 is 1.38 bits per heavy atom. The number of para-hydroxylation sites is 1. The molecule has 0 saturated heterocycles. The van der Waals surface area contributed by atoms with Crippen LogP contribution in [0.3, 0.4) is 0 Å². The van der Waals surface area contributed by atoms with E-state index in [4.69, 9.17) is 0 Å². The first-order chi connectivity index (χ1) is 6.18. The van der Waals surface area contributed by atoms with Gasteiger partial charge in [0.1, 0.15) is 0 Å². The molecule has 2 aromatic rings. The standard InChI is InChI=1S/C9H10N2O2/c1-5(12)6-3-2-4-7-8(6)11-9(13)10-7/h2-5,12H,1H3,(H2,10,11,13). The van der Waals surface area contributed by atoms with Gasteiger partial charge in [0.15, 0.2) is 0 Å². The van der Waals surface area contributed by atoms with Crippen LogP contribution >= 0.6 is 0 Å². The van der Waals surface area contributed by atoms with Crippen molar-refractivity contribution in [3.63, 3.8) is 0 Å². The SMILES string of the molecule is CC(O)c1cccc2[nH]c(=O)[nH]c12. The van der Waals surface area contributed by atoms with Crippen molar-refractivity contribution in [2.75, 3.05) is 0 Å². The highest BCUT2D eigenvalue weighted by Gasteiger charge is 2.07. The van der Waals surface area contributed by atoms with Crippen molar-refractivity contribution >= 4 is 11.0 Å². The average molecular weight is 178 g/mol. The number of nitrogens with one attached hydrogen (secondary N) is 2. The fourth-order valence-corrected chi connectivity index (χ4v) is 1.43. The van der Waals surface area contributed by atoms with Gasteiger partial charge in [0, 0.05) is 5.56 Å². The Morgan fingerprint density at radius 2 is 2.15 bits per heavy atom. The molecular formula is C9H10N2O2. The zero-order valence-electron chi connectivity index (χ0n) is 7.16. The van der Waals surface area contributed by atoms with Crippen LogP contribution in [0.2, 0.25) is 0 Å². The number of rotatable bonds is 1. The molecule has 13 heavy (non-hydrogen) atoms. The maximum absolute atomic E-state index is 11.0. The first-order valence-electron chi connectivity index (χ1n) is 4.07. The first-order valence-corrected chi connectivity index (χ1v) is 4.07. The van der Waals surface area contributed by atoms with Gasteiger partial charge in [-0.05, 0) is 13.0 Å². The minimum absolute atomic E-state index is 0.247. The van der Waals surface area contributed by atoms with Gasteiger partial charge in [-0.15, -0.1) is 0 Å². The third-order valence-corrected chi connectivity index (χ3v) is 2.03. The smallest absolute Gasteiger partial charge is 0.323 e. The minimum Gasteiger partial charge on any atom is -0.389 e. The Labute approximate surface area is 74.2 Å². The summed E-state index contributed by atoms with van der Waals surface area (Å²) in [4.78, 5) is 16.2. The van der Waals surface area contributed by atoms with Crippen molar-refractivity contribution < 1.29 is 5.11 Å². The lowest BCUT2D eigenvalue weighted by Gasteiger charge is -2.04. The summed E-state index contributed by atoms with van der Waals surface area (Å²) in [6.45, 7) is 1.67. The molecule has 0 saturated carbocycles. The Balaban J connectivity index is 2.82. The number of hydrogen-bond acceptors (Lipinski definition) is 2. The second-order valence-corrected chi connectivity index (χ2v) is 3.02. The van der Waals surface area contributed by atoms with Crippen LogP contribution in [-0.2, 0) is 0 Å². The second kappa shape index (κ2) is 2.74. The second-order valence-electron chi connectivity index (χ2n) is 3.02. The van der Waals surface area contributed by atoms with Crippen molar-refractivity contribution in [1.29, 1.82) is 0 Å². The van der Waals surface area contributed by atoms with Crippen LogP contribution in [0.4, 0.5) is 0 Å². The highest BCUT2D eigenvalue weighted by Crippen LogP contribution is 2.19. The number of aliphatic hydroxyl groups is 1. The van der Waals surface area contributed by atoms with Crippen molar-refractivity contribution in [2.45, 2.75) is 13.0 Å². The Hall–Kier alpha value is -1.55. The van der Waals surface area contributed by atoms with E-state index in [-0.39, 0.29) is 5.69 Å². The highest BCUT2D eigenvalue weighted by molar-refractivity contribution is 5.78. The molecule has 1 unspecified atom stereocenters. The number of aliphatic hydroxyl groups excluding tert-OH is 1. The van der Waals surface area contributed by atoms with E-state index in [0.717, 1.165) is 11.1 Å². The van der Waals surface area contributed by atoms with Gasteiger partial charge in [-0.1, -0.05) is 12.1 Å². The summed E-state index contributed by atoms with van der Waals surface area (Å²) in [7, 11) is 0. The highest BCUT2D eigenvalue weighted by atomic mass is 16.3. The van der Waals surface area contributed by atoms with Gasteiger partial charge in [-0.3, -0.25) is 0 Å². The van der Waals surface area contributed by atoms with Crippen molar-refractivity contribution in [3.05, 3.63) is 34.2 Å². The van der Waals surface area contributed by atoms with Gasteiger partial charge >= 0.3 is 5.69 Å². The predicted molar refractivity (Wildman–Crippen MR) is 49.6 cm³/mol. The van der Waals surface area contributed by atoms with Crippen molar-refractivity contribution in [2.24, 2.45) is 0 Å². The predicted octanol–water partition coefficient (Wildman–Crippen LogP) is 0.909. The topological polar surface area (TPSA) is 68.9 Å². The van der Waals surface area contributed by atoms with Crippen LogP contribution in [0.5, 0.6) is 0 Å². The number of fused-ring (bicyclic) bond motifs is 1. The summed E-state index contributed by atoms with van der Waals surface area (Å²) in [5, 5.41) is 9.40. The first kappa shape index (κ1) is 8.07. The van der Waals surface area contributed by atoms with Crippen LogP contribution in [0.1, 0.15) is 18.6 Å². The fourth-order valence-electron chi connectivity index (χ4n) is 1.43. The van der Waals surface area contributed by atoms with E-state index in [1.54, 1.807) is 25.1 Å². The van der Waals surface area contributed by atoms with E-state index in [9.17, 15) is 9.90 Å². The number of imidazole rings is 1. The van der Waals surface area contributed by atoms with Gasteiger partial charge in [0.2, 0.25) is 0 Å². The van der Waals surface area contributed by atoms with Gasteiger partial charge in [-0.25, -0.2) is 4.79 Å². The van der Waals surface area contributed by atoms with E-state index in [0.29, 0.717) is 5.52 Å². The van der Waals surface area contributed by atoms with Crippen LogP contribution < -0.4 is 5.69 Å². The molecule has 4 nitrogen and oxygen atoms in total. The zero-order chi connectivity index (χ0) is 9.42.